The molecule has 0 bridgehead atoms. The largest absolute Gasteiger partial charge is 0.388 e. The second kappa shape index (κ2) is 5.80. The second-order valence-electron chi connectivity index (χ2n) is 4.09. The summed E-state index contributed by atoms with van der Waals surface area (Å²) in [6.07, 6.45) is 1.85. The summed E-state index contributed by atoms with van der Waals surface area (Å²) < 4.78 is 0. The van der Waals surface area contributed by atoms with Crippen LogP contribution in [0.2, 0.25) is 0 Å². The van der Waals surface area contributed by atoms with Gasteiger partial charge in [0.05, 0.1) is 5.69 Å². The zero-order valence-corrected chi connectivity index (χ0v) is 11.0. The van der Waals surface area contributed by atoms with Crippen LogP contribution in [0, 0.1) is 0 Å². The minimum Gasteiger partial charge on any atom is -0.388 e. The fourth-order valence-corrected chi connectivity index (χ4v) is 2.41. The molecule has 0 amide bonds. The van der Waals surface area contributed by atoms with Crippen molar-refractivity contribution in [2.45, 2.75) is 13.1 Å². The minimum absolute atomic E-state index is 0.866. The number of hydrogen-bond acceptors (Lipinski definition) is 4. The van der Waals surface area contributed by atoms with Crippen LogP contribution in [-0.2, 0) is 13.1 Å². The van der Waals surface area contributed by atoms with E-state index in [4.69, 9.17) is 0 Å². The highest BCUT2D eigenvalue weighted by Gasteiger charge is 2.03. The Bertz CT molecular complexity index is 453. The van der Waals surface area contributed by atoms with E-state index in [1.165, 1.54) is 5.56 Å². The Kier molecular flexibility index (Phi) is 4.12. The molecule has 0 atom stereocenters. The molecule has 17 heavy (non-hydrogen) atoms. The zero-order valence-electron chi connectivity index (χ0n) is 10.2. The molecule has 4 heteroatoms. The SMILES string of the molecule is CNc1ccnc(CN(C)Cc2ccsc2)c1. The van der Waals surface area contributed by atoms with E-state index in [1.54, 1.807) is 11.3 Å². The van der Waals surface area contributed by atoms with Gasteiger partial charge in [-0.2, -0.15) is 11.3 Å². The van der Waals surface area contributed by atoms with Crippen LogP contribution >= 0.6 is 11.3 Å². The fraction of sp³-hybridized carbons (Fsp3) is 0.308. The van der Waals surface area contributed by atoms with Crippen molar-refractivity contribution in [1.29, 1.82) is 0 Å². The first-order valence-electron chi connectivity index (χ1n) is 5.60. The number of pyridine rings is 1. The maximum absolute atomic E-state index is 4.38. The predicted octanol–water partition coefficient (Wildman–Crippen LogP) is 2.82. The van der Waals surface area contributed by atoms with Gasteiger partial charge in [0, 0.05) is 32.0 Å². The highest BCUT2D eigenvalue weighted by molar-refractivity contribution is 7.07. The van der Waals surface area contributed by atoms with Crippen molar-refractivity contribution in [1.82, 2.24) is 9.88 Å². The van der Waals surface area contributed by atoms with Gasteiger partial charge in [-0.15, -0.1) is 0 Å². The molecule has 0 spiro atoms. The highest BCUT2D eigenvalue weighted by Crippen LogP contribution is 2.12. The Balaban J connectivity index is 1.95. The maximum atomic E-state index is 4.38. The van der Waals surface area contributed by atoms with Gasteiger partial charge in [-0.05, 0) is 41.6 Å². The van der Waals surface area contributed by atoms with E-state index in [-0.39, 0.29) is 0 Å². The Morgan fingerprint density at radius 1 is 1.35 bits per heavy atom. The molecule has 90 valence electrons. The average Bonchev–Trinajstić information content (AvgIpc) is 2.82. The number of anilines is 1. The van der Waals surface area contributed by atoms with Crippen LogP contribution in [0.3, 0.4) is 0 Å². The molecule has 2 heterocycles. The molecule has 2 rings (SSSR count). The van der Waals surface area contributed by atoms with Gasteiger partial charge in [-0.1, -0.05) is 0 Å². The summed E-state index contributed by atoms with van der Waals surface area (Å²) in [4.78, 5) is 6.65. The predicted molar refractivity (Wildman–Crippen MR) is 73.3 cm³/mol. The topological polar surface area (TPSA) is 28.2 Å². The highest BCUT2D eigenvalue weighted by atomic mass is 32.1. The Morgan fingerprint density at radius 3 is 2.94 bits per heavy atom. The van der Waals surface area contributed by atoms with Gasteiger partial charge in [-0.3, -0.25) is 9.88 Å². The van der Waals surface area contributed by atoms with E-state index in [9.17, 15) is 0 Å². The van der Waals surface area contributed by atoms with Crippen molar-refractivity contribution in [2.24, 2.45) is 0 Å². The van der Waals surface area contributed by atoms with Gasteiger partial charge < -0.3 is 5.32 Å². The third-order valence-electron chi connectivity index (χ3n) is 2.57. The molecule has 0 unspecified atom stereocenters. The van der Waals surface area contributed by atoms with Crippen molar-refractivity contribution < 1.29 is 0 Å². The average molecular weight is 247 g/mol. The Hall–Kier alpha value is -1.39. The standard InChI is InChI=1S/C13H17N3S/c1-14-12-3-5-15-13(7-12)9-16(2)8-11-4-6-17-10-11/h3-7,10H,8-9H2,1-2H3,(H,14,15). The van der Waals surface area contributed by atoms with Crippen LogP contribution in [0.15, 0.2) is 35.2 Å². The second-order valence-corrected chi connectivity index (χ2v) is 4.87. The summed E-state index contributed by atoms with van der Waals surface area (Å²) >= 11 is 1.74. The van der Waals surface area contributed by atoms with Crippen LogP contribution in [-0.4, -0.2) is 24.0 Å². The van der Waals surface area contributed by atoms with Crippen LogP contribution in [0.4, 0.5) is 5.69 Å². The number of thiophene rings is 1. The molecule has 0 saturated carbocycles. The van der Waals surface area contributed by atoms with E-state index in [0.717, 1.165) is 24.5 Å². The van der Waals surface area contributed by atoms with Crippen molar-refractivity contribution >= 4 is 17.0 Å². The number of hydrogen-bond donors (Lipinski definition) is 1. The molecule has 0 radical (unpaired) electrons. The molecule has 1 N–H and O–H groups in total. The first-order valence-corrected chi connectivity index (χ1v) is 6.54. The van der Waals surface area contributed by atoms with Crippen molar-refractivity contribution in [3.63, 3.8) is 0 Å². The van der Waals surface area contributed by atoms with Gasteiger partial charge >= 0.3 is 0 Å². The lowest BCUT2D eigenvalue weighted by Gasteiger charge is -2.15. The van der Waals surface area contributed by atoms with E-state index >= 15 is 0 Å². The van der Waals surface area contributed by atoms with Gasteiger partial charge in [0.15, 0.2) is 0 Å². The van der Waals surface area contributed by atoms with E-state index in [2.05, 4.69) is 45.1 Å². The summed E-state index contributed by atoms with van der Waals surface area (Å²) in [6, 6.07) is 6.23. The first kappa shape index (κ1) is 12.1. The number of rotatable bonds is 5. The Labute approximate surface area is 106 Å². The third kappa shape index (κ3) is 3.54. The number of nitrogens with one attached hydrogen (secondary N) is 1. The Morgan fingerprint density at radius 2 is 2.24 bits per heavy atom. The summed E-state index contributed by atoms with van der Waals surface area (Å²) in [5.74, 6) is 0. The summed E-state index contributed by atoms with van der Waals surface area (Å²) in [7, 11) is 4.04. The van der Waals surface area contributed by atoms with E-state index in [1.807, 2.05) is 19.3 Å². The first-order chi connectivity index (χ1) is 8.28. The number of aromatic nitrogens is 1. The van der Waals surface area contributed by atoms with Crippen molar-refractivity contribution in [3.05, 3.63) is 46.4 Å². The smallest absolute Gasteiger partial charge is 0.0564 e. The molecule has 0 aliphatic heterocycles. The van der Waals surface area contributed by atoms with Crippen LogP contribution < -0.4 is 5.32 Å². The summed E-state index contributed by atoms with van der Waals surface area (Å²) in [5, 5.41) is 7.43. The molecule has 0 fully saturated rings. The van der Waals surface area contributed by atoms with Crippen molar-refractivity contribution in [3.8, 4) is 0 Å². The molecule has 0 aliphatic rings. The van der Waals surface area contributed by atoms with Gasteiger partial charge in [0.2, 0.25) is 0 Å². The lowest BCUT2D eigenvalue weighted by molar-refractivity contribution is 0.315. The maximum Gasteiger partial charge on any atom is 0.0564 e. The van der Waals surface area contributed by atoms with E-state index in [0.29, 0.717) is 0 Å². The molecule has 0 saturated heterocycles. The fourth-order valence-electron chi connectivity index (χ4n) is 1.75. The monoisotopic (exact) mass is 247 g/mol. The van der Waals surface area contributed by atoms with Gasteiger partial charge in [0.1, 0.15) is 0 Å². The molecule has 0 aliphatic carbocycles. The lowest BCUT2D eigenvalue weighted by atomic mass is 10.2. The van der Waals surface area contributed by atoms with E-state index < -0.39 is 0 Å². The van der Waals surface area contributed by atoms with Crippen LogP contribution in [0.5, 0.6) is 0 Å². The van der Waals surface area contributed by atoms with Gasteiger partial charge in [-0.25, -0.2) is 0 Å². The van der Waals surface area contributed by atoms with Crippen LogP contribution in [0.25, 0.3) is 0 Å². The zero-order chi connectivity index (χ0) is 12.1. The summed E-state index contributed by atoms with van der Waals surface area (Å²) in [6.45, 7) is 1.83. The quantitative estimate of drug-likeness (QED) is 0.880. The molecular weight excluding hydrogens is 230 g/mol. The molecule has 0 aromatic carbocycles. The van der Waals surface area contributed by atoms with Crippen LogP contribution in [0.1, 0.15) is 11.3 Å². The normalized spacial score (nSPS) is 10.8. The summed E-state index contributed by atoms with van der Waals surface area (Å²) in [5.41, 5.74) is 3.57. The van der Waals surface area contributed by atoms with Crippen molar-refractivity contribution in [2.75, 3.05) is 19.4 Å². The third-order valence-corrected chi connectivity index (χ3v) is 3.30. The molecule has 3 nitrogen and oxygen atoms in total. The van der Waals surface area contributed by atoms with Gasteiger partial charge in [0.25, 0.3) is 0 Å². The molecular formula is C13H17N3S. The lowest BCUT2D eigenvalue weighted by Crippen LogP contribution is -2.17. The number of nitrogens with zero attached hydrogens (tertiary/aromatic N) is 2. The molecule has 2 aromatic rings. The minimum atomic E-state index is 0.866. The molecule has 2 aromatic heterocycles.